The summed E-state index contributed by atoms with van der Waals surface area (Å²) in [5, 5.41) is 11.5. The first kappa shape index (κ1) is 28.2. The van der Waals surface area contributed by atoms with Crippen molar-refractivity contribution in [3.8, 4) is 11.5 Å². The number of benzene rings is 2. The molecule has 8 heteroatoms. The normalized spacial score (nSPS) is 22.6. The minimum absolute atomic E-state index is 0.0582. The molecule has 214 valence electrons. The maximum absolute atomic E-state index is 13.5. The summed E-state index contributed by atoms with van der Waals surface area (Å²) in [5.41, 5.74) is 2.35. The number of ether oxygens (including phenoxy) is 3. The Morgan fingerprint density at radius 2 is 1.90 bits per heavy atom. The van der Waals surface area contributed by atoms with E-state index in [1.165, 1.54) is 0 Å². The number of ketones is 1. The van der Waals surface area contributed by atoms with Gasteiger partial charge in [-0.15, -0.1) is 0 Å². The number of morpholine rings is 1. The maximum Gasteiger partial charge on any atom is 0.295 e. The Labute approximate surface area is 236 Å². The molecule has 2 atom stereocenters. The SMILES string of the molecule is CC(C)CCOc1cccc([C@H]2C(=C(O)c3ccc4c(c3)C[C@@H](C)O4)C(=O)C(=O)N2CCCN2CCOCC2)c1. The molecule has 0 spiro atoms. The van der Waals surface area contributed by atoms with Crippen LogP contribution in [0.4, 0.5) is 0 Å². The molecule has 2 aromatic carbocycles. The molecular formula is C32H40N2O6. The molecule has 40 heavy (non-hydrogen) atoms. The first-order chi connectivity index (χ1) is 19.3. The van der Waals surface area contributed by atoms with Gasteiger partial charge in [0.15, 0.2) is 0 Å². The second-order valence-electron chi connectivity index (χ2n) is 11.4. The third-order valence-electron chi connectivity index (χ3n) is 7.82. The van der Waals surface area contributed by atoms with Crippen LogP contribution in [0.5, 0.6) is 11.5 Å². The second kappa shape index (κ2) is 12.4. The summed E-state index contributed by atoms with van der Waals surface area (Å²) in [6, 6.07) is 12.3. The highest BCUT2D eigenvalue weighted by Crippen LogP contribution is 2.41. The third kappa shape index (κ3) is 6.18. The number of aliphatic hydroxyl groups excluding tert-OH is 1. The fraction of sp³-hybridized carbons (Fsp3) is 0.500. The van der Waals surface area contributed by atoms with Gasteiger partial charge in [0.1, 0.15) is 23.4 Å². The molecule has 0 radical (unpaired) electrons. The van der Waals surface area contributed by atoms with Crippen LogP contribution in [0, 0.1) is 5.92 Å². The molecular weight excluding hydrogens is 508 g/mol. The zero-order valence-corrected chi connectivity index (χ0v) is 23.7. The van der Waals surface area contributed by atoms with Crippen molar-refractivity contribution < 1.29 is 28.9 Å². The highest BCUT2D eigenvalue weighted by molar-refractivity contribution is 6.46. The Balaban J connectivity index is 1.47. The van der Waals surface area contributed by atoms with E-state index in [4.69, 9.17) is 14.2 Å². The Kier molecular flexibility index (Phi) is 8.76. The first-order valence-electron chi connectivity index (χ1n) is 14.4. The average molecular weight is 549 g/mol. The summed E-state index contributed by atoms with van der Waals surface area (Å²) in [6.45, 7) is 11.2. The van der Waals surface area contributed by atoms with Gasteiger partial charge >= 0.3 is 0 Å². The van der Waals surface area contributed by atoms with Gasteiger partial charge < -0.3 is 24.2 Å². The molecule has 0 bridgehead atoms. The van der Waals surface area contributed by atoms with Gasteiger partial charge in [0.2, 0.25) is 0 Å². The summed E-state index contributed by atoms with van der Waals surface area (Å²) in [5.74, 6) is 0.578. The third-order valence-corrected chi connectivity index (χ3v) is 7.82. The summed E-state index contributed by atoms with van der Waals surface area (Å²) >= 11 is 0. The van der Waals surface area contributed by atoms with E-state index in [1.54, 1.807) is 11.0 Å². The lowest BCUT2D eigenvalue weighted by Crippen LogP contribution is -2.38. The average Bonchev–Trinajstić information content (AvgIpc) is 3.44. The van der Waals surface area contributed by atoms with Gasteiger partial charge in [0, 0.05) is 38.2 Å². The molecule has 0 aromatic heterocycles. The molecule has 2 aromatic rings. The monoisotopic (exact) mass is 548 g/mol. The predicted molar refractivity (Wildman–Crippen MR) is 153 cm³/mol. The number of amides is 1. The van der Waals surface area contributed by atoms with Crippen LogP contribution in [0.1, 0.15) is 56.3 Å². The molecule has 1 amide bonds. The molecule has 1 N–H and O–H groups in total. The molecule has 3 heterocycles. The van der Waals surface area contributed by atoms with Gasteiger partial charge in [0.25, 0.3) is 11.7 Å². The van der Waals surface area contributed by atoms with E-state index >= 15 is 0 Å². The zero-order chi connectivity index (χ0) is 28.2. The minimum Gasteiger partial charge on any atom is -0.507 e. The Bertz CT molecular complexity index is 1270. The standard InChI is InChI=1S/C32H40N2O6/c1-21(2)10-15-39-26-7-4-6-23(20-26)29-28(30(35)24-8-9-27-25(19-24)18-22(3)40-27)31(36)32(37)34(29)12-5-11-33-13-16-38-17-14-33/h4,6-9,19-22,29,35H,5,10-18H2,1-3H3/t22-,29+/m1/s1. The van der Waals surface area contributed by atoms with E-state index in [0.29, 0.717) is 50.0 Å². The van der Waals surface area contributed by atoms with Crippen LogP contribution in [0.15, 0.2) is 48.0 Å². The number of likely N-dealkylation sites (tertiary alicyclic amines) is 1. The molecule has 5 rings (SSSR count). The number of hydrogen-bond acceptors (Lipinski definition) is 7. The molecule has 0 saturated carbocycles. The van der Waals surface area contributed by atoms with Gasteiger partial charge in [-0.3, -0.25) is 14.5 Å². The van der Waals surface area contributed by atoms with E-state index in [9.17, 15) is 14.7 Å². The number of fused-ring (bicyclic) bond motifs is 1. The lowest BCUT2D eigenvalue weighted by Gasteiger charge is -2.29. The number of hydrogen-bond donors (Lipinski definition) is 1. The summed E-state index contributed by atoms with van der Waals surface area (Å²) in [4.78, 5) is 30.9. The van der Waals surface area contributed by atoms with Crippen molar-refractivity contribution in [1.82, 2.24) is 9.80 Å². The number of rotatable bonds is 10. The van der Waals surface area contributed by atoms with Crippen molar-refractivity contribution in [2.75, 3.05) is 46.0 Å². The summed E-state index contributed by atoms with van der Waals surface area (Å²) < 4.78 is 17.3. The molecule has 8 nitrogen and oxygen atoms in total. The Morgan fingerprint density at radius 3 is 2.67 bits per heavy atom. The predicted octanol–water partition coefficient (Wildman–Crippen LogP) is 4.58. The summed E-state index contributed by atoms with van der Waals surface area (Å²) in [7, 11) is 0. The van der Waals surface area contributed by atoms with Crippen LogP contribution < -0.4 is 9.47 Å². The number of carbonyl (C=O) groups excluding carboxylic acids is 2. The highest BCUT2D eigenvalue weighted by Gasteiger charge is 2.46. The van der Waals surface area contributed by atoms with Gasteiger partial charge in [0.05, 0.1) is 31.4 Å². The van der Waals surface area contributed by atoms with Crippen LogP contribution in [-0.4, -0.2) is 78.7 Å². The zero-order valence-electron chi connectivity index (χ0n) is 23.7. The highest BCUT2D eigenvalue weighted by atomic mass is 16.5. The smallest absolute Gasteiger partial charge is 0.295 e. The Morgan fingerprint density at radius 1 is 1.10 bits per heavy atom. The van der Waals surface area contributed by atoms with E-state index in [1.807, 2.05) is 43.3 Å². The second-order valence-corrected chi connectivity index (χ2v) is 11.4. The van der Waals surface area contributed by atoms with Crippen LogP contribution in [0.3, 0.4) is 0 Å². The van der Waals surface area contributed by atoms with Gasteiger partial charge in [-0.25, -0.2) is 0 Å². The lowest BCUT2D eigenvalue weighted by molar-refractivity contribution is -0.140. The fourth-order valence-electron chi connectivity index (χ4n) is 5.66. The van der Waals surface area contributed by atoms with E-state index < -0.39 is 17.7 Å². The Hall–Kier alpha value is -3.36. The van der Waals surface area contributed by atoms with Gasteiger partial charge in [-0.1, -0.05) is 26.0 Å². The van der Waals surface area contributed by atoms with Gasteiger partial charge in [-0.05, 0) is 67.1 Å². The van der Waals surface area contributed by atoms with Crippen LogP contribution >= 0.6 is 0 Å². The molecule has 2 saturated heterocycles. The van der Waals surface area contributed by atoms with Gasteiger partial charge in [-0.2, -0.15) is 0 Å². The van der Waals surface area contributed by atoms with Crippen LogP contribution in [-0.2, 0) is 20.7 Å². The van der Waals surface area contributed by atoms with E-state index in [-0.39, 0.29) is 17.4 Å². The maximum atomic E-state index is 13.5. The van der Waals surface area contributed by atoms with Crippen LogP contribution in [0.25, 0.3) is 5.76 Å². The number of aliphatic hydroxyl groups is 1. The van der Waals surface area contributed by atoms with Crippen molar-refractivity contribution in [1.29, 1.82) is 0 Å². The van der Waals surface area contributed by atoms with Crippen molar-refractivity contribution in [3.05, 3.63) is 64.7 Å². The number of Topliss-reactive ketones (excluding diaryl/α,β-unsaturated/α-hetero) is 1. The molecule has 0 aliphatic carbocycles. The van der Waals surface area contributed by atoms with Crippen molar-refractivity contribution in [2.24, 2.45) is 5.92 Å². The van der Waals surface area contributed by atoms with Crippen molar-refractivity contribution in [2.45, 2.75) is 52.2 Å². The number of carbonyl (C=O) groups is 2. The fourth-order valence-corrected chi connectivity index (χ4v) is 5.66. The summed E-state index contributed by atoms with van der Waals surface area (Å²) in [6.07, 6.45) is 2.42. The largest absolute Gasteiger partial charge is 0.507 e. The molecule has 3 aliphatic rings. The first-order valence-corrected chi connectivity index (χ1v) is 14.4. The topological polar surface area (TPSA) is 88.5 Å². The molecule has 0 unspecified atom stereocenters. The van der Waals surface area contributed by atoms with E-state index in [0.717, 1.165) is 49.4 Å². The minimum atomic E-state index is -0.707. The molecule has 3 aliphatic heterocycles. The number of nitrogens with zero attached hydrogens (tertiary/aromatic N) is 2. The van der Waals surface area contributed by atoms with Crippen LogP contribution in [0.2, 0.25) is 0 Å². The van der Waals surface area contributed by atoms with Crippen molar-refractivity contribution >= 4 is 17.4 Å². The lowest BCUT2D eigenvalue weighted by atomic mass is 9.94. The molecule has 2 fully saturated rings. The quantitative estimate of drug-likeness (QED) is 0.264. The van der Waals surface area contributed by atoms with Crippen molar-refractivity contribution in [3.63, 3.8) is 0 Å². The van der Waals surface area contributed by atoms with E-state index in [2.05, 4.69) is 18.7 Å².